The molecular weight excluding hydrogens is 120 g/mol. The summed E-state index contributed by atoms with van der Waals surface area (Å²) in [5, 5.41) is 10.9. The Morgan fingerprint density at radius 3 is 2.78 bits per heavy atom. The summed E-state index contributed by atoms with van der Waals surface area (Å²) in [6.45, 7) is 3.36. The summed E-state index contributed by atoms with van der Waals surface area (Å²) in [5.74, 6) is -0.280. The molecule has 0 rings (SSSR count). The van der Waals surface area contributed by atoms with E-state index in [-0.39, 0.29) is 19.0 Å². The van der Waals surface area contributed by atoms with Gasteiger partial charge in [-0.1, -0.05) is 0 Å². The van der Waals surface area contributed by atoms with Gasteiger partial charge in [0.1, 0.15) is 0 Å². The first kappa shape index (κ1) is 8.39. The summed E-state index contributed by atoms with van der Waals surface area (Å²) in [6.07, 6.45) is -0.750. The first-order chi connectivity index (χ1) is 4.16. The van der Waals surface area contributed by atoms with Crippen LogP contribution in [0.15, 0.2) is 0 Å². The van der Waals surface area contributed by atoms with Gasteiger partial charge in [-0.2, -0.15) is 0 Å². The SMILES string of the molecule is [CH2]C(O)CNC(=O)CN. The lowest BCUT2D eigenvalue weighted by Gasteiger charge is -2.03. The molecule has 4 N–H and O–H groups in total. The fraction of sp³-hybridized carbons (Fsp3) is 0.600. The van der Waals surface area contributed by atoms with Crippen LogP contribution in [0, 0.1) is 6.92 Å². The average molecular weight is 131 g/mol. The lowest BCUT2D eigenvalue weighted by molar-refractivity contribution is -0.120. The summed E-state index contributed by atoms with van der Waals surface area (Å²) in [4.78, 5) is 10.3. The van der Waals surface area contributed by atoms with E-state index in [0.29, 0.717) is 0 Å². The van der Waals surface area contributed by atoms with Gasteiger partial charge < -0.3 is 16.2 Å². The maximum atomic E-state index is 10.3. The Morgan fingerprint density at radius 1 is 1.89 bits per heavy atom. The molecule has 0 aromatic rings. The number of hydrogen-bond acceptors (Lipinski definition) is 3. The molecule has 0 saturated heterocycles. The fourth-order valence-corrected chi connectivity index (χ4v) is 0.304. The van der Waals surface area contributed by atoms with Gasteiger partial charge in [-0.15, -0.1) is 0 Å². The molecule has 53 valence electrons. The topological polar surface area (TPSA) is 75.3 Å². The fourth-order valence-electron chi connectivity index (χ4n) is 0.304. The summed E-state index contributed by atoms with van der Waals surface area (Å²) < 4.78 is 0. The lowest BCUT2D eigenvalue weighted by atomic mass is 10.4. The van der Waals surface area contributed by atoms with Crippen LogP contribution >= 0.6 is 0 Å². The molecule has 0 aliphatic rings. The zero-order valence-corrected chi connectivity index (χ0v) is 5.13. The lowest BCUT2D eigenvalue weighted by Crippen LogP contribution is -2.35. The number of aliphatic hydroxyl groups is 1. The number of carbonyl (C=O) groups is 1. The molecule has 0 saturated carbocycles. The summed E-state index contributed by atoms with van der Waals surface area (Å²) in [6, 6.07) is 0. The molecule has 4 nitrogen and oxygen atoms in total. The van der Waals surface area contributed by atoms with Crippen LogP contribution < -0.4 is 11.1 Å². The Labute approximate surface area is 54.0 Å². The Kier molecular flexibility index (Phi) is 4.00. The molecule has 0 spiro atoms. The zero-order chi connectivity index (χ0) is 7.28. The second-order valence-electron chi connectivity index (χ2n) is 1.66. The van der Waals surface area contributed by atoms with Crippen LogP contribution in [0.4, 0.5) is 0 Å². The minimum Gasteiger partial charge on any atom is -0.391 e. The third-order valence-corrected chi connectivity index (χ3v) is 0.720. The molecule has 0 heterocycles. The van der Waals surface area contributed by atoms with E-state index in [1.54, 1.807) is 0 Å². The Bertz CT molecular complexity index is 93.0. The highest BCUT2D eigenvalue weighted by atomic mass is 16.3. The van der Waals surface area contributed by atoms with Crippen LogP contribution in [0.3, 0.4) is 0 Å². The van der Waals surface area contributed by atoms with Crippen molar-refractivity contribution in [1.29, 1.82) is 0 Å². The zero-order valence-electron chi connectivity index (χ0n) is 5.13. The highest BCUT2D eigenvalue weighted by Crippen LogP contribution is 1.72. The summed E-state index contributed by atoms with van der Waals surface area (Å²) >= 11 is 0. The van der Waals surface area contributed by atoms with Crippen molar-refractivity contribution in [3.8, 4) is 0 Å². The van der Waals surface area contributed by atoms with Crippen molar-refractivity contribution in [2.45, 2.75) is 6.10 Å². The van der Waals surface area contributed by atoms with E-state index in [2.05, 4.69) is 12.2 Å². The molecule has 0 aromatic heterocycles. The molecular formula is C5H11N2O2. The monoisotopic (exact) mass is 131 g/mol. The second-order valence-corrected chi connectivity index (χ2v) is 1.66. The maximum absolute atomic E-state index is 10.3. The number of nitrogens with one attached hydrogen (secondary N) is 1. The number of amides is 1. The molecule has 0 bridgehead atoms. The third kappa shape index (κ3) is 5.26. The Hall–Kier alpha value is -0.610. The first-order valence-electron chi connectivity index (χ1n) is 2.64. The van der Waals surface area contributed by atoms with Gasteiger partial charge in [0.25, 0.3) is 0 Å². The number of nitrogens with two attached hydrogens (primary N) is 1. The van der Waals surface area contributed by atoms with Crippen LogP contribution in [0.1, 0.15) is 0 Å². The summed E-state index contributed by atoms with van der Waals surface area (Å²) in [5.41, 5.74) is 4.94. The van der Waals surface area contributed by atoms with Gasteiger partial charge in [0, 0.05) is 6.54 Å². The smallest absolute Gasteiger partial charge is 0.233 e. The molecule has 4 heteroatoms. The van der Waals surface area contributed by atoms with Crippen molar-refractivity contribution in [2.75, 3.05) is 13.1 Å². The highest BCUT2D eigenvalue weighted by Gasteiger charge is 1.97. The van der Waals surface area contributed by atoms with Crippen LogP contribution in [-0.4, -0.2) is 30.2 Å². The molecule has 1 atom stereocenters. The quantitative estimate of drug-likeness (QED) is 0.425. The van der Waals surface area contributed by atoms with Crippen molar-refractivity contribution in [1.82, 2.24) is 5.32 Å². The highest BCUT2D eigenvalue weighted by molar-refractivity contribution is 5.77. The number of carbonyl (C=O) groups excluding carboxylic acids is 1. The van der Waals surface area contributed by atoms with Gasteiger partial charge in [0.15, 0.2) is 0 Å². The van der Waals surface area contributed by atoms with Gasteiger partial charge in [0.2, 0.25) is 5.91 Å². The van der Waals surface area contributed by atoms with Gasteiger partial charge >= 0.3 is 0 Å². The van der Waals surface area contributed by atoms with Crippen molar-refractivity contribution in [3.05, 3.63) is 6.92 Å². The molecule has 1 amide bonds. The van der Waals surface area contributed by atoms with E-state index < -0.39 is 6.10 Å². The molecule has 0 aromatic carbocycles. The number of hydrogen-bond donors (Lipinski definition) is 3. The van der Waals surface area contributed by atoms with E-state index in [9.17, 15) is 4.79 Å². The van der Waals surface area contributed by atoms with Gasteiger partial charge in [0.05, 0.1) is 12.6 Å². The Balaban J connectivity index is 3.17. The normalized spacial score (nSPS) is 12.8. The number of aliphatic hydroxyl groups excluding tert-OH is 1. The predicted octanol–water partition coefficient (Wildman–Crippen LogP) is -1.74. The van der Waals surface area contributed by atoms with Gasteiger partial charge in [-0.25, -0.2) is 0 Å². The minimum atomic E-state index is -0.750. The second kappa shape index (κ2) is 4.29. The maximum Gasteiger partial charge on any atom is 0.233 e. The molecule has 1 unspecified atom stereocenters. The van der Waals surface area contributed by atoms with E-state index in [1.165, 1.54) is 0 Å². The molecule has 9 heavy (non-hydrogen) atoms. The number of rotatable bonds is 3. The van der Waals surface area contributed by atoms with Crippen LogP contribution in [0.25, 0.3) is 0 Å². The van der Waals surface area contributed by atoms with E-state index >= 15 is 0 Å². The molecule has 0 fully saturated rings. The van der Waals surface area contributed by atoms with Crippen LogP contribution in [-0.2, 0) is 4.79 Å². The molecule has 0 aliphatic carbocycles. The average Bonchev–Trinajstić information content (AvgIpc) is 1.83. The van der Waals surface area contributed by atoms with Gasteiger partial charge in [-0.05, 0) is 6.92 Å². The van der Waals surface area contributed by atoms with E-state index in [4.69, 9.17) is 10.8 Å². The first-order valence-corrected chi connectivity index (χ1v) is 2.64. The van der Waals surface area contributed by atoms with E-state index in [0.717, 1.165) is 0 Å². The third-order valence-electron chi connectivity index (χ3n) is 0.720. The predicted molar refractivity (Wildman–Crippen MR) is 33.4 cm³/mol. The Morgan fingerprint density at radius 2 is 2.44 bits per heavy atom. The van der Waals surface area contributed by atoms with Gasteiger partial charge in [-0.3, -0.25) is 4.79 Å². The van der Waals surface area contributed by atoms with E-state index in [1.807, 2.05) is 0 Å². The van der Waals surface area contributed by atoms with Crippen molar-refractivity contribution >= 4 is 5.91 Å². The molecule has 0 aliphatic heterocycles. The summed E-state index contributed by atoms with van der Waals surface area (Å²) in [7, 11) is 0. The largest absolute Gasteiger partial charge is 0.391 e. The minimum absolute atomic E-state index is 0.0489. The standard InChI is InChI=1S/C5H11N2O2/c1-4(8)3-7-5(9)2-6/h4,8H,1-3,6H2,(H,7,9). The van der Waals surface area contributed by atoms with Crippen LogP contribution in [0.2, 0.25) is 0 Å². The van der Waals surface area contributed by atoms with Crippen molar-refractivity contribution in [2.24, 2.45) is 5.73 Å². The van der Waals surface area contributed by atoms with Crippen LogP contribution in [0.5, 0.6) is 0 Å². The molecule has 1 radical (unpaired) electrons. The van der Waals surface area contributed by atoms with Crippen molar-refractivity contribution < 1.29 is 9.90 Å². The van der Waals surface area contributed by atoms with Crippen molar-refractivity contribution in [3.63, 3.8) is 0 Å².